The molecule has 0 saturated heterocycles. The molecule has 1 amide bonds. The van der Waals surface area contributed by atoms with Crippen molar-refractivity contribution in [1.29, 1.82) is 0 Å². The fourth-order valence-corrected chi connectivity index (χ4v) is 0.883. The summed E-state index contributed by atoms with van der Waals surface area (Å²) in [6, 6.07) is 0.187. The molecule has 0 spiro atoms. The highest BCUT2D eigenvalue weighted by Crippen LogP contribution is 1.94. The van der Waals surface area contributed by atoms with Gasteiger partial charge in [-0.1, -0.05) is 26.0 Å². The summed E-state index contributed by atoms with van der Waals surface area (Å²) in [5.41, 5.74) is 0. The maximum atomic E-state index is 10.9. The number of hydrogen-bond acceptors (Lipinski definition) is 2. The molecule has 1 N–H and O–H groups in total. The van der Waals surface area contributed by atoms with Gasteiger partial charge in [-0.3, -0.25) is 0 Å². The van der Waals surface area contributed by atoms with Gasteiger partial charge in [-0.2, -0.15) is 0 Å². The molecule has 0 rings (SSSR count). The first kappa shape index (κ1) is 11.0. The normalized spacial score (nSPS) is 11.8. The minimum atomic E-state index is -0.365. The first-order valence-corrected chi connectivity index (χ1v) is 4.24. The molecular formula is C9H17NO2. The van der Waals surface area contributed by atoms with Crippen molar-refractivity contribution in [1.82, 2.24) is 5.32 Å². The number of ether oxygens (including phenoxy) is 1. The quantitative estimate of drug-likeness (QED) is 0.643. The van der Waals surface area contributed by atoms with E-state index >= 15 is 0 Å². The van der Waals surface area contributed by atoms with Gasteiger partial charge >= 0.3 is 6.09 Å². The molecule has 0 aliphatic rings. The number of carbonyl (C=O) groups excluding carboxylic acids is 1. The standard InChI is InChI=1S/C9H17NO2/c1-4-6-8(3)10-9(11)12-7-5-2/h5,8H,2,4,6-7H2,1,3H3,(H,10,11)/t8-/m0/s1. The van der Waals surface area contributed by atoms with Crippen molar-refractivity contribution in [3.8, 4) is 0 Å². The van der Waals surface area contributed by atoms with Crippen LogP contribution in [0, 0.1) is 0 Å². The Morgan fingerprint density at radius 1 is 1.75 bits per heavy atom. The molecule has 0 aliphatic heterocycles. The fourth-order valence-electron chi connectivity index (χ4n) is 0.883. The molecule has 3 heteroatoms. The predicted molar refractivity (Wildman–Crippen MR) is 49.1 cm³/mol. The van der Waals surface area contributed by atoms with Gasteiger partial charge in [0, 0.05) is 6.04 Å². The molecule has 1 atom stereocenters. The third-order valence-corrected chi connectivity index (χ3v) is 1.42. The zero-order valence-electron chi connectivity index (χ0n) is 7.80. The molecule has 0 saturated carbocycles. The summed E-state index contributed by atoms with van der Waals surface area (Å²) in [5, 5.41) is 2.71. The maximum Gasteiger partial charge on any atom is 0.407 e. The molecule has 0 aromatic carbocycles. The molecule has 0 fully saturated rings. The van der Waals surface area contributed by atoms with Crippen molar-refractivity contribution < 1.29 is 9.53 Å². The van der Waals surface area contributed by atoms with E-state index in [4.69, 9.17) is 4.74 Å². The molecule has 0 unspecified atom stereocenters. The predicted octanol–water partition coefficient (Wildman–Crippen LogP) is 2.09. The number of amides is 1. The highest BCUT2D eigenvalue weighted by Gasteiger charge is 2.05. The molecule has 0 aromatic rings. The minimum Gasteiger partial charge on any atom is -0.445 e. The lowest BCUT2D eigenvalue weighted by Gasteiger charge is -2.11. The molecule has 0 aromatic heterocycles. The summed E-state index contributed by atoms with van der Waals surface area (Å²) in [5.74, 6) is 0. The first-order valence-electron chi connectivity index (χ1n) is 4.24. The second kappa shape index (κ2) is 6.70. The molecule has 0 aliphatic carbocycles. The number of hydrogen-bond donors (Lipinski definition) is 1. The Morgan fingerprint density at radius 3 is 2.92 bits per heavy atom. The Morgan fingerprint density at radius 2 is 2.42 bits per heavy atom. The number of alkyl carbamates (subject to hydrolysis) is 1. The largest absolute Gasteiger partial charge is 0.445 e. The Kier molecular flexibility index (Phi) is 6.15. The summed E-state index contributed by atoms with van der Waals surface area (Å²) in [4.78, 5) is 10.9. The van der Waals surface area contributed by atoms with Gasteiger partial charge in [0.2, 0.25) is 0 Å². The minimum absolute atomic E-state index is 0.187. The van der Waals surface area contributed by atoms with Crippen LogP contribution in [0.2, 0.25) is 0 Å². The van der Waals surface area contributed by atoms with E-state index in [-0.39, 0.29) is 18.7 Å². The third-order valence-electron chi connectivity index (χ3n) is 1.42. The molecule has 0 bridgehead atoms. The Labute approximate surface area is 73.8 Å². The van der Waals surface area contributed by atoms with Gasteiger partial charge in [0.15, 0.2) is 0 Å². The summed E-state index contributed by atoms with van der Waals surface area (Å²) in [6.45, 7) is 7.75. The van der Waals surface area contributed by atoms with E-state index < -0.39 is 0 Å². The zero-order chi connectivity index (χ0) is 9.40. The lowest BCUT2D eigenvalue weighted by atomic mass is 10.2. The van der Waals surface area contributed by atoms with Gasteiger partial charge in [-0.25, -0.2) is 4.79 Å². The van der Waals surface area contributed by atoms with Gasteiger partial charge in [0.1, 0.15) is 6.61 Å². The Balaban J connectivity index is 3.46. The van der Waals surface area contributed by atoms with Crippen LogP contribution in [0.25, 0.3) is 0 Å². The molecule has 70 valence electrons. The van der Waals surface area contributed by atoms with E-state index in [2.05, 4.69) is 18.8 Å². The van der Waals surface area contributed by atoms with Crippen LogP contribution in [0.3, 0.4) is 0 Å². The van der Waals surface area contributed by atoms with Crippen LogP contribution in [-0.4, -0.2) is 18.7 Å². The second-order valence-electron chi connectivity index (χ2n) is 2.72. The van der Waals surface area contributed by atoms with E-state index in [9.17, 15) is 4.79 Å². The van der Waals surface area contributed by atoms with Crippen LogP contribution in [0.4, 0.5) is 4.79 Å². The highest BCUT2D eigenvalue weighted by atomic mass is 16.5. The first-order chi connectivity index (χ1) is 5.70. The van der Waals surface area contributed by atoms with E-state index in [1.165, 1.54) is 0 Å². The summed E-state index contributed by atoms with van der Waals surface area (Å²) in [7, 11) is 0. The molecular weight excluding hydrogens is 154 g/mol. The Hall–Kier alpha value is -0.990. The van der Waals surface area contributed by atoms with E-state index in [0.29, 0.717) is 0 Å². The van der Waals surface area contributed by atoms with Gasteiger partial charge in [0.05, 0.1) is 0 Å². The zero-order valence-corrected chi connectivity index (χ0v) is 7.80. The second-order valence-corrected chi connectivity index (χ2v) is 2.72. The SMILES string of the molecule is C=CCOC(=O)N[C@@H](C)CCC. The number of carbonyl (C=O) groups is 1. The fraction of sp³-hybridized carbons (Fsp3) is 0.667. The molecule has 0 heterocycles. The van der Waals surface area contributed by atoms with E-state index in [1.54, 1.807) is 6.08 Å². The van der Waals surface area contributed by atoms with Gasteiger partial charge in [-0.05, 0) is 13.3 Å². The third kappa shape index (κ3) is 5.77. The monoisotopic (exact) mass is 171 g/mol. The average molecular weight is 171 g/mol. The lowest BCUT2D eigenvalue weighted by Crippen LogP contribution is -2.32. The lowest BCUT2D eigenvalue weighted by molar-refractivity contribution is 0.154. The summed E-state index contributed by atoms with van der Waals surface area (Å²) >= 11 is 0. The van der Waals surface area contributed by atoms with Crippen LogP contribution in [0.15, 0.2) is 12.7 Å². The van der Waals surface area contributed by atoms with Crippen molar-refractivity contribution in [2.45, 2.75) is 32.7 Å². The summed E-state index contributed by atoms with van der Waals surface area (Å²) < 4.78 is 4.74. The molecule has 3 nitrogen and oxygen atoms in total. The molecule has 12 heavy (non-hydrogen) atoms. The highest BCUT2D eigenvalue weighted by molar-refractivity contribution is 5.67. The average Bonchev–Trinajstić information content (AvgIpc) is 2.01. The van der Waals surface area contributed by atoms with Gasteiger partial charge in [0.25, 0.3) is 0 Å². The Bertz CT molecular complexity index is 145. The van der Waals surface area contributed by atoms with Gasteiger partial charge < -0.3 is 10.1 Å². The van der Waals surface area contributed by atoms with Crippen LogP contribution >= 0.6 is 0 Å². The van der Waals surface area contributed by atoms with Crippen LogP contribution in [0.5, 0.6) is 0 Å². The van der Waals surface area contributed by atoms with E-state index in [1.807, 2.05) is 6.92 Å². The van der Waals surface area contributed by atoms with Crippen molar-refractivity contribution in [2.75, 3.05) is 6.61 Å². The van der Waals surface area contributed by atoms with E-state index in [0.717, 1.165) is 12.8 Å². The topological polar surface area (TPSA) is 38.3 Å². The van der Waals surface area contributed by atoms with Crippen molar-refractivity contribution in [3.63, 3.8) is 0 Å². The number of rotatable bonds is 5. The van der Waals surface area contributed by atoms with Crippen molar-refractivity contribution in [3.05, 3.63) is 12.7 Å². The molecule has 0 radical (unpaired) electrons. The van der Waals surface area contributed by atoms with Crippen LogP contribution < -0.4 is 5.32 Å². The van der Waals surface area contributed by atoms with Crippen molar-refractivity contribution in [2.24, 2.45) is 0 Å². The maximum absolute atomic E-state index is 10.9. The van der Waals surface area contributed by atoms with Crippen LogP contribution in [0.1, 0.15) is 26.7 Å². The summed E-state index contributed by atoms with van der Waals surface area (Å²) in [6.07, 6.45) is 3.21. The van der Waals surface area contributed by atoms with Gasteiger partial charge in [-0.15, -0.1) is 0 Å². The smallest absolute Gasteiger partial charge is 0.407 e. The van der Waals surface area contributed by atoms with Crippen molar-refractivity contribution >= 4 is 6.09 Å². The van der Waals surface area contributed by atoms with Crippen LogP contribution in [-0.2, 0) is 4.74 Å². The number of nitrogens with one attached hydrogen (secondary N) is 1.